The van der Waals surface area contributed by atoms with Gasteiger partial charge in [-0.05, 0) is 42.4 Å². The van der Waals surface area contributed by atoms with Gasteiger partial charge in [0.25, 0.3) is 0 Å². The normalized spacial score (nSPS) is 24.6. The fraction of sp³-hybridized carbons (Fsp3) is 0.348. The number of aromatic amines is 1. The molecule has 0 radical (unpaired) electrons. The van der Waals surface area contributed by atoms with Gasteiger partial charge in [-0.1, -0.05) is 48.5 Å². The van der Waals surface area contributed by atoms with Gasteiger partial charge in [0.15, 0.2) is 0 Å². The summed E-state index contributed by atoms with van der Waals surface area (Å²) in [5.74, 6) is 0.381. The number of para-hydroxylation sites is 1. The average molecular weight is 360 g/mol. The molecule has 27 heavy (non-hydrogen) atoms. The number of benzene rings is 2. The molecule has 4 heteroatoms. The van der Waals surface area contributed by atoms with Gasteiger partial charge < -0.3 is 9.72 Å². The van der Waals surface area contributed by atoms with Gasteiger partial charge in [-0.3, -0.25) is 9.69 Å². The minimum atomic E-state index is -0.176. The number of aryl methyl sites for hydroxylation is 1. The number of H-pyrrole nitrogens is 1. The molecule has 0 unspecified atom stereocenters. The van der Waals surface area contributed by atoms with Crippen LogP contribution in [-0.4, -0.2) is 29.0 Å². The van der Waals surface area contributed by atoms with E-state index in [0.29, 0.717) is 5.92 Å². The van der Waals surface area contributed by atoms with E-state index < -0.39 is 0 Å². The number of aromatic nitrogens is 1. The second-order valence-corrected chi connectivity index (χ2v) is 7.74. The highest BCUT2D eigenvalue weighted by molar-refractivity contribution is 5.86. The summed E-state index contributed by atoms with van der Waals surface area (Å²) in [6, 6.07) is 19.1. The number of nitrogens with zero attached hydrogens (tertiary/aromatic N) is 1. The summed E-state index contributed by atoms with van der Waals surface area (Å²) in [6.45, 7) is 0.765. The zero-order valence-corrected chi connectivity index (χ0v) is 15.5. The largest absolute Gasteiger partial charge is 0.468 e. The van der Waals surface area contributed by atoms with E-state index in [1.807, 2.05) is 6.07 Å². The number of hydrogen-bond acceptors (Lipinski definition) is 3. The fourth-order valence-corrected chi connectivity index (χ4v) is 5.15. The summed E-state index contributed by atoms with van der Waals surface area (Å²) in [7, 11) is 1.50. The molecule has 2 heterocycles. The van der Waals surface area contributed by atoms with Crippen molar-refractivity contribution in [1.29, 1.82) is 0 Å². The van der Waals surface area contributed by atoms with Crippen molar-refractivity contribution in [3.8, 4) is 0 Å². The van der Waals surface area contributed by atoms with E-state index in [2.05, 4.69) is 58.4 Å². The molecule has 0 saturated carbocycles. The van der Waals surface area contributed by atoms with Crippen molar-refractivity contribution in [1.82, 2.24) is 9.88 Å². The first kappa shape index (κ1) is 16.6. The number of methoxy groups -OCH3 is 1. The van der Waals surface area contributed by atoms with Crippen LogP contribution in [0.25, 0.3) is 10.9 Å². The van der Waals surface area contributed by atoms with Crippen LogP contribution in [0.2, 0.25) is 0 Å². The third-order valence-electron chi connectivity index (χ3n) is 6.30. The Morgan fingerprint density at radius 1 is 1.15 bits per heavy atom. The van der Waals surface area contributed by atoms with Gasteiger partial charge in [0.1, 0.15) is 6.04 Å². The molecule has 2 aliphatic rings. The number of esters is 1. The summed E-state index contributed by atoms with van der Waals surface area (Å²) in [6.07, 6.45) is 3.05. The smallest absolute Gasteiger partial charge is 0.323 e. The standard InChI is InChI=1S/C23H24N2O2/c1-27-23(26)20-13-16-11-12-19-21(17-9-5-6-10-18(17)24-19)22(16)25(20)14-15-7-3-2-4-8-15/h2-10,16,20,22,24H,11-14H2,1H3/t16-,20+,22+/m1/s1. The molecule has 3 aromatic rings. The minimum absolute atomic E-state index is 0.110. The summed E-state index contributed by atoms with van der Waals surface area (Å²) in [4.78, 5) is 18.6. The molecule has 1 fully saturated rings. The number of fused-ring (bicyclic) bond motifs is 5. The molecule has 138 valence electrons. The molecule has 0 bridgehead atoms. The summed E-state index contributed by atoms with van der Waals surface area (Å²) in [5, 5.41) is 1.30. The lowest BCUT2D eigenvalue weighted by Gasteiger charge is -2.34. The van der Waals surface area contributed by atoms with Gasteiger partial charge in [-0.15, -0.1) is 0 Å². The van der Waals surface area contributed by atoms with Crippen LogP contribution in [0.15, 0.2) is 54.6 Å². The lowest BCUT2D eigenvalue weighted by Crippen LogP contribution is -2.38. The second kappa shape index (κ2) is 6.54. The third-order valence-corrected chi connectivity index (χ3v) is 6.30. The zero-order valence-electron chi connectivity index (χ0n) is 15.5. The Kier molecular flexibility index (Phi) is 4.01. The summed E-state index contributed by atoms with van der Waals surface area (Å²) >= 11 is 0. The van der Waals surface area contributed by atoms with Gasteiger partial charge in [-0.2, -0.15) is 0 Å². The average Bonchev–Trinajstić information content (AvgIpc) is 3.26. The zero-order chi connectivity index (χ0) is 18.4. The predicted octanol–water partition coefficient (Wildman–Crippen LogP) is 4.22. The molecular weight excluding hydrogens is 336 g/mol. The van der Waals surface area contributed by atoms with Crippen LogP contribution in [0.5, 0.6) is 0 Å². The van der Waals surface area contributed by atoms with Crippen molar-refractivity contribution in [2.75, 3.05) is 7.11 Å². The molecule has 2 aromatic carbocycles. The molecule has 1 N–H and O–H groups in total. The quantitative estimate of drug-likeness (QED) is 0.712. The molecule has 1 aliphatic heterocycles. The van der Waals surface area contributed by atoms with E-state index in [9.17, 15) is 4.79 Å². The Morgan fingerprint density at radius 3 is 2.74 bits per heavy atom. The van der Waals surface area contributed by atoms with Crippen molar-refractivity contribution < 1.29 is 9.53 Å². The number of likely N-dealkylation sites (tertiary alicyclic amines) is 1. The van der Waals surface area contributed by atoms with Crippen LogP contribution in [0.3, 0.4) is 0 Å². The first-order chi connectivity index (χ1) is 13.3. The lowest BCUT2D eigenvalue weighted by molar-refractivity contribution is -0.146. The number of nitrogens with one attached hydrogen (secondary N) is 1. The SMILES string of the molecule is COC(=O)[C@@H]1C[C@H]2CCc3[nH]c4ccccc4c3[C@H]2N1Cc1ccccc1. The van der Waals surface area contributed by atoms with Gasteiger partial charge in [0, 0.05) is 29.2 Å². The van der Waals surface area contributed by atoms with E-state index in [-0.39, 0.29) is 18.1 Å². The van der Waals surface area contributed by atoms with E-state index >= 15 is 0 Å². The van der Waals surface area contributed by atoms with Gasteiger partial charge in [0.05, 0.1) is 7.11 Å². The molecule has 1 saturated heterocycles. The Morgan fingerprint density at radius 2 is 1.93 bits per heavy atom. The van der Waals surface area contributed by atoms with E-state index in [1.165, 1.54) is 34.8 Å². The lowest BCUT2D eigenvalue weighted by atomic mass is 9.82. The van der Waals surface area contributed by atoms with Crippen LogP contribution in [0, 0.1) is 5.92 Å². The molecular formula is C23H24N2O2. The van der Waals surface area contributed by atoms with Crippen molar-refractivity contribution in [2.45, 2.75) is 37.9 Å². The second-order valence-electron chi connectivity index (χ2n) is 7.74. The Bertz CT molecular complexity index is 978. The minimum Gasteiger partial charge on any atom is -0.468 e. The fourth-order valence-electron chi connectivity index (χ4n) is 5.15. The van der Waals surface area contributed by atoms with Crippen molar-refractivity contribution >= 4 is 16.9 Å². The summed E-state index contributed by atoms with van der Waals surface area (Å²) < 4.78 is 5.18. The monoisotopic (exact) mass is 360 g/mol. The Labute approximate surface area is 159 Å². The maximum absolute atomic E-state index is 12.6. The van der Waals surface area contributed by atoms with Gasteiger partial charge in [-0.25, -0.2) is 0 Å². The summed E-state index contributed by atoms with van der Waals surface area (Å²) in [5.41, 5.74) is 5.16. The van der Waals surface area contributed by atoms with Crippen molar-refractivity contribution in [2.24, 2.45) is 5.92 Å². The molecule has 1 aliphatic carbocycles. The first-order valence-corrected chi connectivity index (χ1v) is 9.73. The van der Waals surface area contributed by atoms with Gasteiger partial charge >= 0.3 is 5.97 Å². The topological polar surface area (TPSA) is 45.3 Å². The first-order valence-electron chi connectivity index (χ1n) is 9.73. The molecule has 5 rings (SSSR count). The Hall–Kier alpha value is -2.59. The van der Waals surface area contributed by atoms with Crippen LogP contribution in [-0.2, 0) is 22.5 Å². The van der Waals surface area contributed by atoms with Crippen LogP contribution in [0.1, 0.15) is 35.7 Å². The van der Waals surface area contributed by atoms with E-state index in [0.717, 1.165) is 25.8 Å². The molecule has 3 atom stereocenters. The third kappa shape index (κ3) is 2.67. The number of carbonyl (C=O) groups excluding carboxylic acids is 1. The number of hydrogen-bond donors (Lipinski definition) is 1. The molecule has 0 spiro atoms. The maximum Gasteiger partial charge on any atom is 0.323 e. The molecule has 1 aromatic heterocycles. The van der Waals surface area contributed by atoms with Crippen molar-refractivity contribution in [3.05, 3.63) is 71.4 Å². The van der Waals surface area contributed by atoms with Crippen LogP contribution < -0.4 is 0 Å². The van der Waals surface area contributed by atoms with E-state index in [1.54, 1.807) is 0 Å². The molecule has 4 nitrogen and oxygen atoms in total. The van der Waals surface area contributed by atoms with Gasteiger partial charge in [0.2, 0.25) is 0 Å². The van der Waals surface area contributed by atoms with E-state index in [4.69, 9.17) is 4.74 Å². The number of rotatable bonds is 3. The highest BCUT2D eigenvalue weighted by Crippen LogP contribution is 2.50. The predicted molar refractivity (Wildman–Crippen MR) is 105 cm³/mol. The number of ether oxygens (including phenoxy) is 1. The highest BCUT2D eigenvalue weighted by atomic mass is 16.5. The Balaban J connectivity index is 1.62. The van der Waals surface area contributed by atoms with Crippen LogP contribution in [0.4, 0.5) is 0 Å². The highest BCUT2D eigenvalue weighted by Gasteiger charge is 2.48. The van der Waals surface area contributed by atoms with Crippen molar-refractivity contribution in [3.63, 3.8) is 0 Å². The van der Waals surface area contributed by atoms with Crippen LogP contribution >= 0.6 is 0 Å². The maximum atomic E-state index is 12.6. The number of carbonyl (C=O) groups is 1. The molecule has 0 amide bonds.